The van der Waals surface area contributed by atoms with Crippen molar-refractivity contribution in [3.05, 3.63) is 54.1 Å². The molecule has 0 aromatic heterocycles. The molecule has 2 aromatic carbocycles. The number of hydrogen-bond acceptors (Lipinski definition) is 7. The van der Waals surface area contributed by atoms with Gasteiger partial charge in [-0.15, -0.1) is 0 Å². The maximum atomic E-state index is 12.1. The van der Waals surface area contributed by atoms with Gasteiger partial charge in [-0.3, -0.25) is 9.63 Å². The zero-order chi connectivity index (χ0) is 21.6. The number of amides is 1. The SMILES string of the molecule is CON(C)S(=O)(=O)c1ccc(C(=O)OCC(=O)Nc2ccc(N(C)C)cc2)cc1. The minimum absolute atomic E-state index is 0.0442. The monoisotopic (exact) mass is 421 g/mol. The highest BCUT2D eigenvalue weighted by Gasteiger charge is 2.21. The van der Waals surface area contributed by atoms with Crippen LogP contribution in [0.5, 0.6) is 0 Å². The Morgan fingerprint density at radius 2 is 1.55 bits per heavy atom. The smallest absolute Gasteiger partial charge is 0.338 e. The van der Waals surface area contributed by atoms with Gasteiger partial charge in [0.05, 0.1) is 17.6 Å². The van der Waals surface area contributed by atoms with Crippen LogP contribution < -0.4 is 10.2 Å². The number of nitrogens with zero attached hydrogens (tertiary/aromatic N) is 2. The highest BCUT2D eigenvalue weighted by atomic mass is 32.2. The molecule has 0 fully saturated rings. The predicted molar refractivity (Wildman–Crippen MR) is 108 cm³/mol. The first-order chi connectivity index (χ1) is 13.6. The van der Waals surface area contributed by atoms with Gasteiger partial charge in [0.25, 0.3) is 15.9 Å². The van der Waals surface area contributed by atoms with Gasteiger partial charge in [-0.25, -0.2) is 13.2 Å². The first kappa shape index (κ1) is 22.3. The van der Waals surface area contributed by atoms with E-state index < -0.39 is 28.5 Å². The molecule has 0 aliphatic carbocycles. The van der Waals surface area contributed by atoms with Crippen LogP contribution in [0.2, 0.25) is 0 Å². The van der Waals surface area contributed by atoms with Crippen molar-refractivity contribution in [2.75, 3.05) is 45.1 Å². The molecule has 0 unspecified atom stereocenters. The minimum atomic E-state index is -3.81. The zero-order valence-electron chi connectivity index (χ0n) is 16.6. The second-order valence-electron chi connectivity index (χ2n) is 6.19. The molecule has 0 aliphatic heterocycles. The van der Waals surface area contributed by atoms with Crippen molar-refractivity contribution in [3.8, 4) is 0 Å². The number of anilines is 2. The van der Waals surface area contributed by atoms with Crippen LogP contribution in [0.25, 0.3) is 0 Å². The predicted octanol–water partition coefficient (Wildman–Crippen LogP) is 1.73. The summed E-state index contributed by atoms with van der Waals surface area (Å²) in [7, 11) is 2.49. The number of sulfonamides is 1. The molecular formula is C19H23N3O6S. The molecule has 1 N–H and O–H groups in total. The van der Waals surface area contributed by atoms with Crippen molar-refractivity contribution < 1.29 is 27.6 Å². The first-order valence-corrected chi connectivity index (χ1v) is 9.96. The van der Waals surface area contributed by atoms with Gasteiger partial charge in [0, 0.05) is 32.5 Å². The molecule has 1 amide bonds. The largest absolute Gasteiger partial charge is 0.452 e. The van der Waals surface area contributed by atoms with Gasteiger partial charge >= 0.3 is 5.97 Å². The Balaban J connectivity index is 1.92. The molecule has 0 aliphatic rings. The number of carbonyl (C=O) groups excluding carboxylic acids is 2. The van der Waals surface area contributed by atoms with Crippen LogP contribution in [-0.4, -0.2) is 59.6 Å². The second-order valence-corrected chi connectivity index (χ2v) is 8.12. The molecule has 9 nitrogen and oxygen atoms in total. The molecule has 0 spiro atoms. The van der Waals surface area contributed by atoms with Crippen molar-refractivity contribution in [2.45, 2.75) is 4.90 Å². The number of benzene rings is 2. The van der Waals surface area contributed by atoms with Crippen molar-refractivity contribution in [1.29, 1.82) is 0 Å². The van der Waals surface area contributed by atoms with Crippen molar-refractivity contribution in [3.63, 3.8) is 0 Å². The molecule has 2 rings (SSSR count). The highest BCUT2D eigenvalue weighted by Crippen LogP contribution is 2.17. The van der Waals surface area contributed by atoms with E-state index in [0.29, 0.717) is 10.2 Å². The van der Waals surface area contributed by atoms with Crippen LogP contribution >= 0.6 is 0 Å². The molecule has 0 saturated carbocycles. The molecule has 0 radical (unpaired) electrons. The Labute approximate surface area is 169 Å². The van der Waals surface area contributed by atoms with Crippen LogP contribution in [0.15, 0.2) is 53.4 Å². The molecule has 10 heteroatoms. The lowest BCUT2D eigenvalue weighted by atomic mass is 10.2. The van der Waals surface area contributed by atoms with E-state index >= 15 is 0 Å². The Kier molecular flexibility index (Phi) is 7.32. The summed E-state index contributed by atoms with van der Waals surface area (Å²) in [5, 5.41) is 2.63. The standard InChI is InChI=1S/C19H23N3O6S/c1-21(2)16-9-7-15(8-10-16)20-18(23)13-28-19(24)14-5-11-17(12-6-14)29(25,26)22(3)27-4/h5-12H,13H2,1-4H3,(H,20,23). The number of ether oxygens (including phenoxy) is 1. The number of rotatable bonds is 8. The third kappa shape index (κ3) is 5.76. The summed E-state index contributed by atoms with van der Waals surface area (Å²) in [6.45, 7) is -0.472. The highest BCUT2D eigenvalue weighted by molar-refractivity contribution is 7.89. The Morgan fingerprint density at radius 3 is 2.07 bits per heavy atom. The lowest BCUT2D eigenvalue weighted by Gasteiger charge is -2.14. The van der Waals surface area contributed by atoms with Gasteiger partial charge in [0.1, 0.15) is 0 Å². The topological polar surface area (TPSA) is 105 Å². The number of nitrogens with one attached hydrogen (secondary N) is 1. The average Bonchev–Trinajstić information content (AvgIpc) is 2.71. The summed E-state index contributed by atoms with van der Waals surface area (Å²) in [6.07, 6.45) is 0. The van der Waals surface area contributed by atoms with Crippen LogP contribution in [-0.2, 0) is 24.4 Å². The molecular weight excluding hydrogens is 398 g/mol. The average molecular weight is 421 g/mol. The van der Waals surface area contributed by atoms with Crippen LogP contribution in [0, 0.1) is 0 Å². The molecule has 29 heavy (non-hydrogen) atoms. The van der Waals surface area contributed by atoms with Gasteiger partial charge in [0.15, 0.2) is 6.61 Å². The molecule has 156 valence electrons. The summed E-state index contributed by atoms with van der Waals surface area (Å²) in [6, 6.07) is 12.3. The normalized spacial score (nSPS) is 11.2. The fourth-order valence-corrected chi connectivity index (χ4v) is 3.24. The number of esters is 1. The number of carbonyl (C=O) groups is 2. The second kappa shape index (κ2) is 9.50. The van der Waals surface area contributed by atoms with E-state index in [9.17, 15) is 18.0 Å². The summed E-state index contributed by atoms with van der Waals surface area (Å²) in [5.74, 6) is -1.23. The van der Waals surface area contributed by atoms with Gasteiger partial charge in [-0.1, -0.05) is 4.47 Å². The van der Waals surface area contributed by atoms with E-state index in [4.69, 9.17) is 4.74 Å². The van der Waals surface area contributed by atoms with Crippen molar-refractivity contribution >= 4 is 33.3 Å². The fraction of sp³-hybridized carbons (Fsp3) is 0.263. The van der Waals surface area contributed by atoms with Crippen LogP contribution in [0.1, 0.15) is 10.4 Å². The third-order valence-corrected chi connectivity index (χ3v) is 5.68. The number of hydroxylamine groups is 1. The maximum Gasteiger partial charge on any atom is 0.338 e. The number of hydrogen-bond donors (Lipinski definition) is 1. The molecule has 2 aromatic rings. The Bertz CT molecular complexity index is 956. The lowest BCUT2D eigenvalue weighted by molar-refractivity contribution is -0.119. The quantitative estimate of drug-likeness (QED) is 0.511. The minimum Gasteiger partial charge on any atom is -0.452 e. The Hall–Kier alpha value is -2.95. The zero-order valence-corrected chi connectivity index (χ0v) is 17.4. The van der Waals surface area contributed by atoms with Gasteiger partial charge in [-0.05, 0) is 48.5 Å². The Morgan fingerprint density at radius 1 is 0.966 bits per heavy atom. The van der Waals surface area contributed by atoms with Gasteiger partial charge < -0.3 is 15.0 Å². The van der Waals surface area contributed by atoms with Crippen LogP contribution in [0.4, 0.5) is 11.4 Å². The third-order valence-electron chi connectivity index (χ3n) is 3.99. The van der Waals surface area contributed by atoms with E-state index in [-0.39, 0.29) is 10.5 Å². The molecule has 0 atom stereocenters. The summed E-state index contributed by atoms with van der Waals surface area (Å²) in [4.78, 5) is 30.6. The van der Waals surface area contributed by atoms with Crippen molar-refractivity contribution in [1.82, 2.24) is 4.47 Å². The van der Waals surface area contributed by atoms with E-state index in [1.165, 1.54) is 38.4 Å². The van der Waals surface area contributed by atoms with E-state index in [1.54, 1.807) is 12.1 Å². The first-order valence-electron chi connectivity index (χ1n) is 8.52. The molecule has 0 saturated heterocycles. The molecule has 0 bridgehead atoms. The fourth-order valence-electron chi connectivity index (χ4n) is 2.26. The lowest BCUT2D eigenvalue weighted by Crippen LogP contribution is -2.25. The van der Waals surface area contributed by atoms with Crippen molar-refractivity contribution in [2.24, 2.45) is 0 Å². The van der Waals surface area contributed by atoms with E-state index in [0.717, 1.165) is 5.69 Å². The van der Waals surface area contributed by atoms with Gasteiger partial charge in [0.2, 0.25) is 0 Å². The van der Waals surface area contributed by atoms with E-state index in [2.05, 4.69) is 10.2 Å². The summed E-state index contributed by atoms with van der Waals surface area (Å²) < 4.78 is 29.9. The molecule has 0 heterocycles. The van der Waals surface area contributed by atoms with Gasteiger partial charge in [-0.2, -0.15) is 0 Å². The maximum absolute atomic E-state index is 12.1. The summed E-state index contributed by atoms with van der Waals surface area (Å²) >= 11 is 0. The van der Waals surface area contributed by atoms with Crippen LogP contribution in [0.3, 0.4) is 0 Å². The van der Waals surface area contributed by atoms with E-state index in [1.807, 2.05) is 31.1 Å². The summed E-state index contributed by atoms with van der Waals surface area (Å²) in [5.41, 5.74) is 1.68.